The Morgan fingerprint density at radius 3 is 2.67 bits per heavy atom. The lowest BCUT2D eigenvalue weighted by Crippen LogP contribution is -1.97. The van der Waals surface area contributed by atoms with Gasteiger partial charge < -0.3 is 0 Å². The fourth-order valence-electron chi connectivity index (χ4n) is 0.998. The van der Waals surface area contributed by atoms with E-state index in [2.05, 4.69) is 5.10 Å². The highest BCUT2D eigenvalue weighted by Crippen LogP contribution is 2.14. The summed E-state index contributed by atoms with van der Waals surface area (Å²) in [6.07, 6.45) is 0.492. The summed E-state index contributed by atoms with van der Waals surface area (Å²) < 4.78 is 14.1. The molecule has 0 unspecified atom stereocenters. The van der Waals surface area contributed by atoms with Crippen LogP contribution in [0.1, 0.15) is 23.0 Å². The number of carbonyl (C=O) groups is 1. The summed E-state index contributed by atoms with van der Waals surface area (Å²) in [4.78, 5) is 10.7. The monoisotopic (exact) mass is 190 g/mol. The minimum absolute atomic E-state index is 0.110. The van der Waals surface area contributed by atoms with Crippen molar-refractivity contribution in [3.05, 3.63) is 17.2 Å². The zero-order chi connectivity index (χ0) is 9.30. The van der Waals surface area contributed by atoms with Crippen LogP contribution in [-0.2, 0) is 13.5 Å². The van der Waals surface area contributed by atoms with Crippen LogP contribution in [0.5, 0.6) is 0 Å². The standard InChI is InChI=1S/C7H8ClFN2O/c1-3-4-5(6(8)12)7(9)11(2)10-4/h3H2,1-2H3. The van der Waals surface area contributed by atoms with Crippen LogP contribution in [0.25, 0.3) is 0 Å². The van der Waals surface area contributed by atoms with E-state index in [9.17, 15) is 9.18 Å². The lowest BCUT2D eigenvalue weighted by molar-refractivity contribution is 0.107. The number of nitrogens with zero attached hydrogens (tertiary/aromatic N) is 2. The van der Waals surface area contributed by atoms with Crippen molar-refractivity contribution in [1.82, 2.24) is 9.78 Å². The van der Waals surface area contributed by atoms with E-state index in [0.29, 0.717) is 12.1 Å². The van der Waals surface area contributed by atoms with Gasteiger partial charge in [-0.05, 0) is 18.0 Å². The van der Waals surface area contributed by atoms with E-state index in [-0.39, 0.29) is 5.56 Å². The Kier molecular flexibility index (Phi) is 2.47. The number of carbonyl (C=O) groups excluding carboxylic acids is 1. The smallest absolute Gasteiger partial charge is 0.258 e. The van der Waals surface area contributed by atoms with E-state index in [4.69, 9.17) is 11.6 Å². The van der Waals surface area contributed by atoms with Crippen molar-refractivity contribution in [2.75, 3.05) is 0 Å². The molecule has 1 rings (SSSR count). The van der Waals surface area contributed by atoms with Gasteiger partial charge in [-0.2, -0.15) is 9.49 Å². The van der Waals surface area contributed by atoms with Gasteiger partial charge in [-0.15, -0.1) is 0 Å². The van der Waals surface area contributed by atoms with Gasteiger partial charge in [0, 0.05) is 7.05 Å². The van der Waals surface area contributed by atoms with Crippen LogP contribution in [-0.4, -0.2) is 15.0 Å². The number of rotatable bonds is 2. The Balaban J connectivity index is 3.31. The Hall–Kier alpha value is -0.900. The van der Waals surface area contributed by atoms with Crippen LogP contribution < -0.4 is 0 Å². The highest BCUT2D eigenvalue weighted by Gasteiger charge is 2.19. The zero-order valence-corrected chi connectivity index (χ0v) is 7.52. The first-order valence-electron chi connectivity index (χ1n) is 3.49. The molecule has 66 valence electrons. The number of halogens is 2. The summed E-state index contributed by atoms with van der Waals surface area (Å²) in [5, 5.41) is 2.99. The second-order valence-corrected chi connectivity index (χ2v) is 2.71. The predicted octanol–water partition coefficient (Wildman–Crippen LogP) is 1.50. The third kappa shape index (κ3) is 1.34. The summed E-state index contributed by atoms with van der Waals surface area (Å²) in [5.41, 5.74) is 0.289. The van der Waals surface area contributed by atoms with Crippen LogP contribution in [0.2, 0.25) is 0 Å². The molecule has 0 amide bonds. The Morgan fingerprint density at radius 2 is 2.33 bits per heavy atom. The molecule has 0 N–H and O–H groups in total. The number of aryl methyl sites for hydroxylation is 2. The summed E-state index contributed by atoms with van der Waals surface area (Å²) in [5.74, 6) is -0.674. The Bertz CT molecular complexity index is 321. The van der Waals surface area contributed by atoms with Crippen LogP contribution in [0.4, 0.5) is 4.39 Å². The third-order valence-electron chi connectivity index (χ3n) is 1.58. The quantitative estimate of drug-likeness (QED) is 0.663. The van der Waals surface area contributed by atoms with Gasteiger partial charge in [0.25, 0.3) is 5.24 Å². The van der Waals surface area contributed by atoms with Crippen LogP contribution >= 0.6 is 11.6 Å². The molecule has 0 atom stereocenters. The van der Waals surface area contributed by atoms with Crippen molar-refractivity contribution in [2.45, 2.75) is 13.3 Å². The lowest BCUT2D eigenvalue weighted by atomic mass is 10.2. The van der Waals surface area contributed by atoms with Crippen molar-refractivity contribution >= 4 is 16.8 Å². The van der Waals surface area contributed by atoms with Crippen LogP contribution in [0, 0.1) is 5.95 Å². The van der Waals surface area contributed by atoms with Gasteiger partial charge in [-0.25, -0.2) is 4.68 Å². The molecular weight excluding hydrogens is 183 g/mol. The third-order valence-corrected chi connectivity index (χ3v) is 1.77. The number of aromatic nitrogens is 2. The molecule has 0 spiro atoms. The van der Waals surface area contributed by atoms with Crippen LogP contribution in [0.15, 0.2) is 0 Å². The topological polar surface area (TPSA) is 34.9 Å². The SMILES string of the molecule is CCc1nn(C)c(F)c1C(=O)Cl. The molecule has 0 bridgehead atoms. The van der Waals surface area contributed by atoms with E-state index < -0.39 is 11.2 Å². The van der Waals surface area contributed by atoms with Gasteiger partial charge in [0.2, 0.25) is 5.95 Å². The van der Waals surface area contributed by atoms with Crippen molar-refractivity contribution < 1.29 is 9.18 Å². The Morgan fingerprint density at radius 1 is 1.75 bits per heavy atom. The van der Waals surface area contributed by atoms with Gasteiger partial charge >= 0.3 is 0 Å². The molecule has 0 radical (unpaired) electrons. The number of hydrogen-bond acceptors (Lipinski definition) is 2. The molecule has 1 aromatic heterocycles. The van der Waals surface area contributed by atoms with Crippen molar-refractivity contribution in [3.8, 4) is 0 Å². The zero-order valence-electron chi connectivity index (χ0n) is 6.77. The highest BCUT2D eigenvalue weighted by atomic mass is 35.5. The van der Waals surface area contributed by atoms with E-state index in [1.54, 1.807) is 6.92 Å². The summed E-state index contributed by atoms with van der Waals surface area (Å²) in [6.45, 7) is 1.78. The molecule has 0 aliphatic heterocycles. The maximum atomic E-state index is 13.1. The molecule has 12 heavy (non-hydrogen) atoms. The largest absolute Gasteiger partial charge is 0.275 e. The molecular formula is C7H8ClFN2O. The maximum Gasteiger partial charge on any atom is 0.258 e. The highest BCUT2D eigenvalue weighted by molar-refractivity contribution is 6.67. The fourth-order valence-corrected chi connectivity index (χ4v) is 1.18. The second kappa shape index (κ2) is 3.23. The number of hydrogen-bond donors (Lipinski definition) is 0. The molecule has 0 saturated carbocycles. The van der Waals surface area contributed by atoms with E-state index >= 15 is 0 Å². The average molecular weight is 191 g/mol. The van der Waals surface area contributed by atoms with Gasteiger partial charge in [-0.3, -0.25) is 4.79 Å². The minimum Gasteiger partial charge on any atom is -0.275 e. The predicted molar refractivity (Wildman–Crippen MR) is 42.7 cm³/mol. The molecule has 0 saturated heterocycles. The van der Waals surface area contributed by atoms with Gasteiger partial charge in [0.15, 0.2) is 0 Å². The molecule has 0 aliphatic carbocycles. The molecule has 1 aromatic rings. The summed E-state index contributed by atoms with van der Waals surface area (Å²) >= 11 is 5.17. The van der Waals surface area contributed by atoms with Crippen molar-refractivity contribution in [3.63, 3.8) is 0 Å². The Labute approximate surface area is 74.1 Å². The molecule has 0 fully saturated rings. The average Bonchev–Trinajstić information content (AvgIpc) is 2.28. The van der Waals surface area contributed by atoms with E-state index in [0.717, 1.165) is 4.68 Å². The van der Waals surface area contributed by atoms with Gasteiger partial charge in [-0.1, -0.05) is 6.92 Å². The minimum atomic E-state index is -0.794. The normalized spacial score (nSPS) is 10.3. The lowest BCUT2D eigenvalue weighted by Gasteiger charge is -1.90. The summed E-state index contributed by atoms with van der Waals surface area (Å²) in [7, 11) is 1.43. The molecule has 3 nitrogen and oxygen atoms in total. The van der Waals surface area contributed by atoms with E-state index in [1.165, 1.54) is 7.05 Å². The second-order valence-electron chi connectivity index (χ2n) is 2.36. The molecule has 0 aromatic carbocycles. The van der Waals surface area contributed by atoms with Crippen molar-refractivity contribution in [2.24, 2.45) is 7.05 Å². The van der Waals surface area contributed by atoms with E-state index in [1.807, 2.05) is 0 Å². The first kappa shape index (κ1) is 9.19. The van der Waals surface area contributed by atoms with Gasteiger partial charge in [0.1, 0.15) is 5.56 Å². The molecule has 1 heterocycles. The van der Waals surface area contributed by atoms with Gasteiger partial charge in [0.05, 0.1) is 5.69 Å². The first-order valence-corrected chi connectivity index (χ1v) is 3.87. The summed E-state index contributed by atoms with van der Waals surface area (Å²) in [6, 6.07) is 0. The first-order chi connectivity index (χ1) is 5.57. The molecule has 5 heteroatoms. The van der Waals surface area contributed by atoms with Crippen LogP contribution in [0.3, 0.4) is 0 Å². The maximum absolute atomic E-state index is 13.1. The molecule has 0 aliphatic rings. The fraction of sp³-hybridized carbons (Fsp3) is 0.429. The van der Waals surface area contributed by atoms with Crippen molar-refractivity contribution in [1.29, 1.82) is 0 Å².